The molecule has 1 aliphatic heterocycles. The highest BCUT2D eigenvalue weighted by Crippen LogP contribution is 2.23. The Morgan fingerprint density at radius 1 is 1.30 bits per heavy atom. The van der Waals surface area contributed by atoms with E-state index in [-0.39, 0.29) is 18.3 Å². The van der Waals surface area contributed by atoms with Crippen LogP contribution < -0.4 is 0 Å². The standard InChI is InChI=1S/C15H16N2O6/c18-14(19)9-17(10-3-6-21-7-4-10)15(20)11-8-13(23-16-11)12-2-1-5-22-12/h1-2,5,8,10H,3-4,6-7,9H2,(H,18,19). The van der Waals surface area contributed by atoms with E-state index in [4.69, 9.17) is 18.8 Å². The quantitative estimate of drug-likeness (QED) is 0.892. The number of ether oxygens (including phenoxy) is 1. The molecule has 1 N–H and O–H groups in total. The van der Waals surface area contributed by atoms with Gasteiger partial charge in [0.2, 0.25) is 5.76 Å². The van der Waals surface area contributed by atoms with Crippen molar-refractivity contribution in [1.29, 1.82) is 0 Å². The third-order valence-electron chi connectivity index (χ3n) is 3.69. The molecule has 0 spiro atoms. The molecule has 2 aromatic heterocycles. The number of aromatic nitrogens is 1. The summed E-state index contributed by atoms with van der Waals surface area (Å²) in [4.78, 5) is 25.0. The monoisotopic (exact) mass is 320 g/mol. The van der Waals surface area contributed by atoms with Crippen LogP contribution in [0.4, 0.5) is 0 Å². The topological polar surface area (TPSA) is 106 Å². The van der Waals surface area contributed by atoms with Gasteiger partial charge in [0.05, 0.1) is 6.26 Å². The molecule has 0 radical (unpaired) electrons. The Kier molecular flexibility index (Phi) is 4.42. The molecule has 2 aromatic rings. The number of furan rings is 1. The summed E-state index contributed by atoms with van der Waals surface area (Å²) in [6, 6.07) is 4.64. The van der Waals surface area contributed by atoms with E-state index >= 15 is 0 Å². The minimum Gasteiger partial charge on any atom is -0.480 e. The Hall–Kier alpha value is -2.61. The van der Waals surface area contributed by atoms with Gasteiger partial charge in [-0.3, -0.25) is 9.59 Å². The molecule has 8 nitrogen and oxygen atoms in total. The van der Waals surface area contributed by atoms with E-state index in [1.165, 1.54) is 17.2 Å². The molecule has 3 rings (SSSR count). The predicted octanol–water partition coefficient (Wildman–Crippen LogP) is 1.64. The Balaban J connectivity index is 1.81. The first-order valence-corrected chi connectivity index (χ1v) is 7.26. The summed E-state index contributed by atoms with van der Waals surface area (Å²) < 4.78 is 15.6. The van der Waals surface area contributed by atoms with Gasteiger partial charge >= 0.3 is 5.97 Å². The first-order chi connectivity index (χ1) is 11.1. The molecule has 0 unspecified atom stereocenters. The Morgan fingerprint density at radius 3 is 2.74 bits per heavy atom. The second-order valence-electron chi connectivity index (χ2n) is 5.22. The van der Waals surface area contributed by atoms with Crippen LogP contribution in [0.2, 0.25) is 0 Å². The van der Waals surface area contributed by atoms with Gasteiger partial charge in [0, 0.05) is 25.3 Å². The third kappa shape index (κ3) is 3.42. The molecule has 1 amide bonds. The molecule has 23 heavy (non-hydrogen) atoms. The average Bonchev–Trinajstić information content (AvgIpc) is 3.23. The highest BCUT2D eigenvalue weighted by Gasteiger charge is 2.30. The van der Waals surface area contributed by atoms with Crippen LogP contribution in [0.15, 0.2) is 33.4 Å². The maximum Gasteiger partial charge on any atom is 0.323 e. The van der Waals surface area contributed by atoms with Crippen LogP contribution in [0.1, 0.15) is 23.3 Å². The molecule has 1 aliphatic rings. The largest absolute Gasteiger partial charge is 0.480 e. The first-order valence-electron chi connectivity index (χ1n) is 7.26. The molecule has 0 saturated carbocycles. The SMILES string of the molecule is O=C(O)CN(C(=O)c1cc(-c2ccco2)on1)C1CCOCC1. The lowest BCUT2D eigenvalue weighted by Gasteiger charge is -2.32. The van der Waals surface area contributed by atoms with Crippen LogP contribution in [0.25, 0.3) is 11.5 Å². The summed E-state index contributed by atoms with van der Waals surface area (Å²) in [7, 11) is 0. The van der Waals surface area contributed by atoms with Gasteiger partial charge in [0.15, 0.2) is 11.5 Å². The summed E-state index contributed by atoms with van der Waals surface area (Å²) in [5.41, 5.74) is 0.0594. The van der Waals surface area contributed by atoms with Crippen molar-refractivity contribution in [3.8, 4) is 11.5 Å². The maximum atomic E-state index is 12.6. The van der Waals surface area contributed by atoms with Crippen LogP contribution in [-0.4, -0.2) is 52.8 Å². The normalized spacial score (nSPS) is 15.5. The van der Waals surface area contributed by atoms with Gasteiger partial charge in [-0.05, 0) is 25.0 Å². The molecule has 0 atom stereocenters. The Bertz CT molecular complexity index is 672. The zero-order valence-corrected chi connectivity index (χ0v) is 12.3. The fourth-order valence-electron chi connectivity index (χ4n) is 2.57. The van der Waals surface area contributed by atoms with Gasteiger partial charge in [-0.25, -0.2) is 0 Å². The van der Waals surface area contributed by atoms with E-state index in [0.717, 1.165) is 0 Å². The summed E-state index contributed by atoms with van der Waals surface area (Å²) in [6.07, 6.45) is 2.68. The number of carboxylic acids is 1. The summed E-state index contributed by atoms with van der Waals surface area (Å²) in [5, 5.41) is 12.8. The van der Waals surface area contributed by atoms with Crippen molar-refractivity contribution in [2.24, 2.45) is 0 Å². The van der Waals surface area contributed by atoms with Crippen molar-refractivity contribution in [3.63, 3.8) is 0 Å². The number of carbonyl (C=O) groups excluding carboxylic acids is 1. The first kappa shape index (κ1) is 15.3. The van der Waals surface area contributed by atoms with E-state index in [9.17, 15) is 9.59 Å². The predicted molar refractivity (Wildman–Crippen MR) is 76.7 cm³/mol. The molecule has 1 saturated heterocycles. The number of aliphatic carboxylic acids is 1. The number of rotatable bonds is 5. The van der Waals surface area contributed by atoms with Crippen molar-refractivity contribution in [2.75, 3.05) is 19.8 Å². The molecule has 0 bridgehead atoms. The summed E-state index contributed by atoms with van der Waals surface area (Å²) in [5.74, 6) is -0.770. The molecule has 0 aliphatic carbocycles. The lowest BCUT2D eigenvalue weighted by Crippen LogP contribution is -2.46. The van der Waals surface area contributed by atoms with Crippen molar-refractivity contribution >= 4 is 11.9 Å². The fraction of sp³-hybridized carbons (Fsp3) is 0.400. The summed E-state index contributed by atoms with van der Waals surface area (Å²) >= 11 is 0. The fourth-order valence-corrected chi connectivity index (χ4v) is 2.57. The molecule has 8 heteroatoms. The Morgan fingerprint density at radius 2 is 2.09 bits per heavy atom. The molecule has 122 valence electrons. The third-order valence-corrected chi connectivity index (χ3v) is 3.69. The van der Waals surface area contributed by atoms with Gasteiger partial charge in [-0.2, -0.15) is 0 Å². The van der Waals surface area contributed by atoms with Gasteiger partial charge in [-0.1, -0.05) is 5.16 Å². The lowest BCUT2D eigenvalue weighted by molar-refractivity contribution is -0.138. The molecule has 1 fully saturated rings. The number of amides is 1. The minimum atomic E-state index is -1.07. The molecule has 0 aromatic carbocycles. The number of carbonyl (C=O) groups is 2. The van der Waals surface area contributed by atoms with Crippen molar-refractivity contribution in [1.82, 2.24) is 10.1 Å². The molecule has 3 heterocycles. The van der Waals surface area contributed by atoms with Crippen molar-refractivity contribution in [2.45, 2.75) is 18.9 Å². The highest BCUT2D eigenvalue weighted by molar-refractivity contribution is 5.95. The van der Waals surface area contributed by atoms with E-state index in [2.05, 4.69) is 5.16 Å². The zero-order chi connectivity index (χ0) is 16.2. The van der Waals surface area contributed by atoms with E-state index in [1.807, 2.05) is 0 Å². The van der Waals surface area contributed by atoms with E-state index in [1.54, 1.807) is 12.1 Å². The van der Waals surface area contributed by atoms with E-state index < -0.39 is 11.9 Å². The number of carboxylic acid groups (broad SMARTS) is 1. The van der Waals surface area contributed by atoms with Crippen LogP contribution in [0, 0.1) is 0 Å². The van der Waals surface area contributed by atoms with Crippen molar-refractivity contribution in [3.05, 3.63) is 30.2 Å². The van der Waals surface area contributed by atoms with Crippen LogP contribution >= 0.6 is 0 Å². The van der Waals surface area contributed by atoms with Gasteiger partial charge in [0.1, 0.15) is 6.54 Å². The van der Waals surface area contributed by atoms with Crippen molar-refractivity contribution < 1.29 is 28.4 Å². The summed E-state index contributed by atoms with van der Waals surface area (Å²) in [6.45, 7) is 0.626. The van der Waals surface area contributed by atoms with Crippen LogP contribution in [0.3, 0.4) is 0 Å². The zero-order valence-electron chi connectivity index (χ0n) is 12.3. The van der Waals surface area contributed by atoms with Gasteiger partial charge in [-0.15, -0.1) is 0 Å². The second kappa shape index (κ2) is 6.66. The smallest absolute Gasteiger partial charge is 0.323 e. The average molecular weight is 320 g/mol. The maximum absolute atomic E-state index is 12.6. The van der Waals surface area contributed by atoms with E-state index in [0.29, 0.717) is 37.6 Å². The lowest BCUT2D eigenvalue weighted by atomic mass is 10.1. The highest BCUT2D eigenvalue weighted by atomic mass is 16.5. The van der Waals surface area contributed by atoms with Gasteiger partial charge in [0.25, 0.3) is 5.91 Å². The van der Waals surface area contributed by atoms with Crippen LogP contribution in [-0.2, 0) is 9.53 Å². The minimum absolute atomic E-state index is 0.0594. The van der Waals surface area contributed by atoms with Gasteiger partial charge < -0.3 is 23.7 Å². The molecular weight excluding hydrogens is 304 g/mol. The second-order valence-corrected chi connectivity index (χ2v) is 5.22. The van der Waals surface area contributed by atoms with Crippen LogP contribution in [0.5, 0.6) is 0 Å². The molecular formula is C15H16N2O6. The number of hydrogen-bond donors (Lipinski definition) is 1. The number of nitrogens with zero attached hydrogens (tertiary/aromatic N) is 2. The number of hydrogen-bond acceptors (Lipinski definition) is 6. The Labute approximate surface area is 131 Å².